The standard InChI is InChI=1S/C24H24F3N3O3S.C23H24FN3O3S.C22H24N4O3S/c1-16(31)29(3)19-5-7-20(8-6-19)34(32,33)30-15-22(17-10-12-28(2)13-11-17)21-14-18(24(25,26)27)4-9-23(21)30;1-16(28)26(3)19-5-7-20(8-6-19)31(29,30)27-15-22(17-10-12-25(2)13-11-17)21-14-18(24)4-9-23(21)27;1-16(27)25(3)18-6-8-19(9-7-18)30(28,29)26-15-21(17-10-13-24(2)14-11-17)20-5-4-12-23-22(20)26/h4-10,14-15H,11-13H2,1-3H3;4-10,14-15H,11-13H2,1-3H3;4-10,12,15H,11,13-14H2,1-3H3. The minimum absolute atomic E-state index is 0.0334. The summed E-state index contributed by atoms with van der Waals surface area (Å²) in [5.41, 5.74) is 7.03. The Kier molecular flexibility index (Phi) is 19.8. The Morgan fingerprint density at radius 1 is 0.463 bits per heavy atom. The van der Waals surface area contributed by atoms with E-state index in [1.165, 1.54) is 122 Å². The number of aromatic nitrogens is 4. The van der Waals surface area contributed by atoms with Gasteiger partial charge in [0.1, 0.15) is 5.82 Å². The van der Waals surface area contributed by atoms with Crippen molar-refractivity contribution in [2.24, 2.45) is 0 Å². The molecule has 5 aromatic carbocycles. The number of likely N-dealkylation sites (N-methyl/N-ethyl adjacent to an activating group) is 3. The molecule has 0 unspecified atom stereocenters. The second-order valence-electron chi connectivity index (χ2n) is 23.7. The first-order valence-corrected chi connectivity index (χ1v) is 34.6. The summed E-state index contributed by atoms with van der Waals surface area (Å²) >= 11 is 0. The largest absolute Gasteiger partial charge is 0.416 e. The average Bonchev–Trinajstić information content (AvgIpc) is 1.63. The zero-order valence-corrected chi connectivity index (χ0v) is 56.3. The van der Waals surface area contributed by atoms with Gasteiger partial charge in [0.2, 0.25) is 17.7 Å². The molecular weight excluding hydrogens is 1290 g/mol. The molecule has 0 radical (unpaired) electrons. The van der Waals surface area contributed by atoms with E-state index in [2.05, 4.69) is 38.9 Å². The summed E-state index contributed by atoms with van der Waals surface area (Å²) in [6.07, 6.45) is 10.1. The molecule has 95 heavy (non-hydrogen) atoms. The molecule has 4 aromatic heterocycles. The van der Waals surface area contributed by atoms with Crippen LogP contribution >= 0.6 is 0 Å². The smallest absolute Gasteiger partial charge is 0.316 e. The van der Waals surface area contributed by atoms with Gasteiger partial charge >= 0.3 is 6.18 Å². The molecule has 0 spiro atoms. The van der Waals surface area contributed by atoms with Gasteiger partial charge in [-0.3, -0.25) is 14.4 Å². The zero-order valence-electron chi connectivity index (χ0n) is 53.8. The summed E-state index contributed by atoms with van der Waals surface area (Å²) in [5, 5.41) is 1.64. The molecule has 12 rings (SSSR count). The van der Waals surface area contributed by atoms with Gasteiger partial charge in [0, 0.05) is 156 Å². The molecule has 26 heteroatoms. The van der Waals surface area contributed by atoms with E-state index >= 15 is 0 Å². The average molecular weight is 1360 g/mol. The lowest BCUT2D eigenvalue weighted by atomic mass is 9.98. The van der Waals surface area contributed by atoms with Crippen molar-refractivity contribution < 1.29 is 57.2 Å². The van der Waals surface area contributed by atoms with Crippen LogP contribution in [0.5, 0.6) is 0 Å². The molecule has 0 saturated carbocycles. The first kappa shape index (κ1) is 68.8. The number of pyridine rings is 1. The van der Waals surface area contributed by atoms with Crippen LogP contribution in [0, 0.1) is 5.82 Å². The molecule has 0 N–H and O–H groups in total. The Bertz CT molecular complexity index is 4910. The molecule has 3 amide bonds. The SMILES string of the molecule is CC(=O)N(C)c1ccc(S(=O)(=O)n2cc(C3=CCN(C)CC3)c3cc(C(F)(F)F)ccc32)cc1.CC(=O)N(C)c1ccc(S(=O)(=O)n2cc(C3=CCN(C)CC3)c3cc(F)ccc32)cc1.CC(=O)N(C)c1ccc(S(=O)(=O)n2cc(C3=CCN(C)CC3)c3cccnc32)cc1. The van der Waals surface area contributed by atoms with Gasteiger partial charge in [-0.1, -0.05) is 18.2 Å². The van der Waals surface area contributed by atoms with E-state index in [-0.39, 0.29) is 43.3 Å². The normalized spacial score (nSPS) is 15.3. The highest BCUT2D eigenvalue weighted by Crippen LogP contribution is 2.39. The van der Waals surface area contributed by atoms with E-state index in [1.54, 1.807) is 64.0 Å². The van der Waals surface area contributed by atoms with Gasteiger partial charge < -0.3 is 29.4 Å². The molecule has 0 fully saturated rings. The number of alkyl halides is 3. The van der Waals surface area contributed by atoms with E-state index in [4.69, 9.17) is 0 Å². The van der Waals surface area contributed by atoms with Crippen molar-refractivity contribution in [2.45, 2.75) is 60.9 Å². The number of amides is 3. The van der Waals surface area contributed by atoms with Crippen LogP contribution in [0.2, 0.25) is 0 Å². The van der Waals surface area contributed by atoms with Crippen LogP contribution in [0.25, 0.3) is 49.6 Å². The van der Waals surface area contributed by atoms with Gasteiger partial charge in [0.05, 0.1) is 31.3 Å². The van der Waals surface area contributed by atoms with Crippen molar-refractivity contribution >= 4 is 114 Å². The van der Waals surface area contributed by atoms with Crippen molar-refractivity contribution in [2.75, 3.05) is 96.3 Å². The Labute approximate surface area is 549 Å². The summed E-state index contributed by atoms with van der Waals surface area (Å²) in [7, 11) is -0.993. The van der Waals surface area contributed by atoms with Crippen LogP contribution in [-0.2, 0) is 50.6 Å². The van der Waals surface area contributed by atoms with Crippen molar-refractivity contribution in [3.8, 4) is 0 Å². The van der Waals surface area contributed by atoms with Crippen molar-refractivity contribution in [3.05, 3.63) is 192 Å². The fourth-order valence-corrected chi connectivity index (χ4v) is 15.4. The molecule has 7 heterocycles. The lowest BCUT2D eigenvalue weighted by Crippen LogP contribution is -2.23. The molecule has 0 aliphatic carbocycles. The number of anilines is 3. The zero-order chi connectivity index (χ0) is 68.6. The molecule has 3 aliphatic rings. The molecule has 0 atom stereocenters. The Hall–Kier alpha value is -9.05. The number of fused-ring (bicyclic) bond motifs is 3. The molecular formula is C69H72F4N10O9S3. The maximum absolute atomic E-state index is 14.0. The summed E-state index contributed by atoms with van der Waals surface area (Å²) in [5.74, 6) is -0.884. The van der Waals surface area contributed by atoms with Crippen LogP contribution < -0.4 is 14.7 Å². The van der Waals surface area contributed by atoms with Gasteiger partial charge in [-0.05, 0) is 178 Å². The second kappa shape index (κ2) is 27.4. The van der Waals surface area contributed by atoms with Crippen molar-refractivity contribution in [1.29, 1.82) is 0 Å². The predicted octanol–water partition coefficient (Wildman–Crippen LogP) is 11.3. The topological polar surface area (TPSA) is 201 Å². The molecule has 9 aromatic rings. The van der Waals surface area contributed by atoms with Crippen LogP contribution in [-0.4, -0.2) is 156 Å². The summed E-state index contributed by atoms with van der Waals surface area (Å²) < 4.78 is 139. The third-order valence-electron chi connectivity index (χ3n) is 17.4. The maximum Gasteiger partial charge on any atom is 0.416 e. The predicted molar refractivity (Wildman–Crippen MR) is 363 cm³/mol. The third-order valence-corrected chi connectivity index (χ3v) is 22.4. The first-order valence-electron chi connectivity index (χ1n) is 30.3. The quantitative estimate of drug-likeness (QED) is 0.105. The molecule has 19 nitrogen and oxygen atoms in total. The lowest BCUT2D eigenvalue weighted by molar-refractivity contribution is -0.137. The van der Waals surface area contributed by atoms with Crippen LogP contribution in [0.1, 0.15) is 62.3 Å². The van der Waals surface area contributed by atoms with E-state index in [0.29, 0.717) is 52.1 Å². The van der Waals surface area contributed by atoms with Gasteiger partial charge in [0.15, 0.2) is 5.65 Å². The number of nitrogens with zero attached hydrogens (tertiary/aromatic N) is 10. The number of hydrogen-bond acceptors (Lipinski definition) is 13. The fraction of sp³-hybridized carbons (Fsp3) is 0.275. The number of carbonyl (C=O) groups is 3. The van der Waals surface area contributed by atoms with Gasteiger partial charge in [-0.15, -0.1) is 0 Å². The van der Waals surface area contributed by atoms with Crippen molar-refractivity contribution in [3.63, 3.8) is 0 Å². The maximum atomic E-state index is 14.0. The van der Waals surface area contributed by atoms with Gasteiger partial charge in [0.25, 0.3) is 30.1 Å². The van der Waals surface area contributed by atoms with E-state index < -0.39 is 47.6 Å². The number of hydrogen-bond donors (Lipinski definition) is 0. The molecule has 3 aliphatic heterocycles. The van der Waals surface area contributed by atoms with Crippen molar-refractivity contribution in [1.82, 2.24) is 31.6 Å². The Morgan fingerprint density at radius 2 is 0.811 bits per heavy atom. The minimum atomic E-state index is -4.55. The Balaban J connectivity index is 0.000000156. The van der Waals surface area contributed by atoms with Crippen LogP contribution in [0.15, 0.2) is 179 Å². The third kappa shape index (κ3) is 14.3. The van der Waals surface area contributed by atoms with Gasteiger partial charge in [-0.2, -0.15) is 13.2 Å². The van der Waals surface area contributed by atoms with E-state index in [9.17, 15) is 57.2 Å². The number of rotatable bonds is 12. The lowest BCUT2D eigenvalue weighted by Gasteiger charge is -2.21. The van der Waals surface area contributed by atoms with Crippen LogP contribution in [0.3, 0.4) is 0 Å². The number of halogens is 4. The monoisotopic (exact) mass is 1360 g/mol. The highest BCUT2D eigenvalue weighted by molar-refractivity contribution is 7.90. The highest BCUT2D eigenvalue weighted by atomic mass is 32.2. The Morgan fingerprint density at radius 3 is 1.17 bits per heavy atom. The molecule has 0 bridgehead atoms. The second-order valence-corrected chi connectivity index (χ2v) is 29.2. The summed E-state index contributed by atoms with van der Waals surface area (Å²) in [4.78, 5) is 50.0. The van der Waals surface area contributed by atoms with Gasteiger partial charge in [-0.25, -0.2) is 46.5 Å². The summed E-state index contributed by atoms with van der Waals surface area (Å²) in [6.45, 7) is 9.01. The fourth-order valence-electron chi connectivity index (χ4n) is 11.4. The number of carbonyl (C=O) groups excluding carboxylic acids is 3. The van der Waals surface area contributed by atoms with E-state index in [0.717, 1.165) is 94.9 Å². The highest BCUT2D eigenvalue weighted by Gasteiger charge is 2.33. The number of benzene rings is 5. The summed E-state index contributed by atoms with van der Waals surface area (Å²) in [6, 6.07) is 29.3. The first-order chi connectivity index (χ1) is 44.9. The minimum Gasteiger partial charge on any atom is -0.316 e. The molecule has 0 saturated heterocycles. The van der Waals surface area contributed by atoms with Crippen LogP contribution in [0.4, 0.5) is 34.6 Å². The molecule has 498 valence electrons. The van der Waals surface area contributed by atoms with E-state index in [1.807, 2.05) is 32.3 Å².